The highest BCUT2D eigenvalue weighted by Crippen LogP contribution is 2.20. The maximum atomic E-state index is 5.18. The molecule has 1 saturated heterocycles. The van der Waals surface area contributed by atoms with Crippen LogP contribution in [0.15, 0.2) is 24.3 Å². The van der Waals surface area contributed by atoms with Crippen molar-refractivity contribution in [2.45, 2.75) is 6.04 Å². The number of hydrogen-bond acceptors (Lipinski definition) is 4. The summed E-state index contributed by atoms with van der Waals surface area (Å²) in [7, 11) is 3.69. The van der Waals surface area contributed by atoms with E-state index in [1.807, 2.05) is 19.2 Å². The minimum atomic E-state index is 0.524. The summed E-state index contributed by atoms with van der Waals surface area (Å²) in [5, 5.41) is 6.73. The van der Waals surface area contributed by atoms with E-state index >= 15 is 0 Å². The monoisotopic (exact) mass is 235 g/mol. The first-order valence-corrected chi connectivity index (χ1v) is 6.10. The van der Waals surface area contributed by atoms with Crippen molar-refractivity contribution in [3.05, 3.63) is 24.3 Å². The van der Waals surface area contributed by atoms with Crippen molar-refractivity contribution in [2.75, 3.05) is 45.2 Å². The van der Waals surface area contributed by atoms with Gasteiger partial charge in [-0.05, 0) is 31.3 Å². The van der Waals surface area contributed by atoms with Crippen LogP contribution >= 0.6 is 0 Å². The fourth-order valence-electron chi connectivity index (χ4n) is 2.24. The van der Waals surface area contributed by atoms with Crippen molar-refractivity contribution in [2.24, 2.45) is 0 Å². The predicted molar refractivity (Wildman–Crippen MR) is 70.9 cm³/mol. The molecule has 1 aliphatic heterocycles. The zero-order chi connectivity index (χ0) is 12.1. The molecular weight excluding hydrogens is 214 g/mol. The van der Waals surface area contributed by atoms with Crippen LogP contribution in [0.2, 0.25) is 0 Å². The zero-order valence-corrected chi connectivity index (χ0v) is 10.6. The van der Waals surface area contributed by atoms with Crippen LogP contribution in [0.3, 0.4) is 0 Å². The van der Waals surface area contributed by atoms with Crippen LogP contribution in [0.4, 0.5) is 5.69 Å². The normalized spacial score (nSPS) is 20.4. The largest absolute Gasteiger partial charge is 0.497 e. The van der Waals surface area contributed by atoms with Crippen LogP contribution in [0.1, 0.15) is 0 Å². The van der Waals surface area contributed by atoms with Crippen molar-refractivity contribution in [3.8, 4) is 5.75 Å². The summed E-state index contributed by atoms with van der Waals surface area (Å²) in [6, 6.07) is 8.81. The molecule has 17 heavy (non-hydrogen) atoms. The average molecular weight is 235 g/mol. The molecule has 0 radical (unpaired) electrons. The van der Waals surface area contributed by atoms with Gasteiger partial charge in [-0.2, -0.15) is 0 Å². The van der Waals surface area contributed by atoms with E-state index in [2.05, 4.69) is 27.7 Å². The van der Waals surface area contributed by atoms with Gasteiger partial charge in [0, 0.05) is 37.9 Å². The van der Waals surface area contributed by atoms with Crippen LogP contribution < -0.4 is 20.3 Å². The third-order valence-corrected chi connectivity index (χ3v) is 3.14. The van der Waals surface area contributed by atoms with Gasteiger partial charge in [0.1, 0.15) is 5.75 Å². The molecule has 0 bridgehead atoms. The summed E-state index contributed by atoms with van der Waals surface area (Å²) in [6.45, 7) is 4.16. The summed E-state index contributed by atoms with van der Waals surface area (Å²) in [6.07, 6.45) is 0. The van der Waals surface area contributed by atoms with Gasteiger partial charge in [-0.1, -0.05) is 0 Å². The summed E-state index contributed by atoms with van der Waals surface area (Å²) >= 11 is 0. The quantitative estimate of drug-likeness (QED) is 0.805. The molecule has 2 rings (SSSR count). The topological polar surface area (TPSA) is 36.5 Å². The number of nitrogens with zero attached hydrogens (tertiary/aromatic N) is 1. The highest BCUT2D eigenvalue weighted by molar-refractivity contribution is 5.49. The number of rotatable bonds is 4. The number of piperazine rings is 1. The number of benzene rings is 1. The fourth-order valence-corrected chi connectivity index (χ4v) is 2.24. The summed E-state index contributed by atoms with van der Waals surface area (Å²) < 4.78 is 5.18. The minimum Gasteiger partial charge on any atom is -0.497 e. The SMILES string of the molecule is CNCC1CN(c2ccc(OC)cc2)CCN1. The molecule has 0 aromatic heterocycles. The van der Waals surface area contributed by atoms with Gasteiger partial charge in [-0.3, -0.25) is 0 Å². The second-order valence-corrected chi connectivity index (χ2v) is 4.35. The maximum absolute atomic E-state index is 5.18. The van der Waals surface area contributed by atoms with E-state index in [0.29, 0.717) is 6.04 Å². The smallest absolute Gasteiger partial charge is 0.119 e. The van der Waals surface area contributed by atoms with E-state index in [1.165, 1.54) is 5.69 Å². The van der Waals surface area contributed by atoms with E-state index in [9.17, 15) is 0 Å². The summed E-state index contributed by atoms with van der Waals surface area (Å²) in [5.74, 6) is 0.913. The highest BCUT2D eigenvalue weighted by atomic mass is 16.5. The van der Waals surface area contributed by atoms with Crippen LogP contribution in [-0.4, -0.2) is 46.4 Å². The van der Waals surface area contributed by atoms with E-state index in [1.54, 1.807) is 7.11 Å². The van der Waals surface area contributed by atoms with Gasteiger partial charge >= 0.3 is 0 Å². The zero-order valence-electron chi connectivity index (χ0n) is 10.6. The molecule has 4 nitrogen and oxygen atoms in total. The van der Waals surface area contributed by atoms with Crippen molar-refractivity contribution in [3.63, 3.8) is 0 Å². The fraction of sp³-hybridized carbons (Fsp3) is 0.538. The Kier molecular flexibility index (Phi) is 4.23. The van der Waals surface area contributed by atoms with Crippen molar-refractivity contribution in [1.82, 2.24) is 10.6 Å². The predicted octanol–water partition coefficient (Wildman–Crippen LogP) is 0.693. The maximum Gasteiger partial charge on any atom is 0.119 e. The second kappa shape index (κ2) is 5.89. The molecule has 2 N–H and O–H groups in total. The molecular formula is C13H21N3O. The highest BCUT2D eigenvalue weighted by Gasteiger charge is 2.18. The van der Waals surface area contributed by atoms with E-state index in [0.717, 1.165) is 31.9 Å². The molecule has 0 saturated carbocycles. The molecule has 94 valence electrons. The Bertz CT molecular complexity index is 337. The molecule has 1 aromatic carbocycles. The Balaban J connectivity index is 2.00. The summed E-state index contributed by atoms with van der Waals surface area (Å²) in [4.78, 5) is 2.41. The molecule has 0 spiro atoms. The van der Waals surface area contributed by atoms with Gasteiger partial charge in [-0.15, -0.1) is 0 Å². The average Bonchev–Trinajstić information content (AvgIpc) is 2.40. The molecule has 1 aliphatic rings. The lowest BCUT2D eigenvalue weighted by atomic mass is 10.2. The lowest BCUT2D eigenvalue weighted by Gasteiger charge is -2.35. The van der Waals surface area contributed by atoms with Crippen LogP contribution in [0, 0.1) is 0 Å². The Hall–Kier alpha value is -1.26. The Morgan fingerprint density at radius 1 is 1.41 bits per heavy atom. The van der Waals surface area contributed by atoms with Gasteiger partial charge in [0.05, 0.1) is 7.11 Å². The van der Waals surface area contributed by atoms with Gasteiger partial charge in [0.25, 0.3) is 0 Å². The Morgan fingerprint density at radius 2 is 2.18 bits per heavy atom. The first kappa shape index (κ1) is 12.2. The lowest BCUT2D eigenvalue weighted by Crippen LogP contribution is -2.54. The molecule has 1 fully saturated rings. The molecule has 1 heterocycles. The van der Waals surface area contributed by atoms with E-state index < -0.39 is 0 Å². The molecule has 1 atom stereocenters. The number of methoxy groups -OCH3 is 1. The molecule has 1 unspecified atom stereocenters. The van der Waals surface area contributed by atoms with Gasteiger partial charge in [0.15, 0.2) is 0 Å². The van der Waals surface area contributed by atoms with E-state index in [4.69, 9.17) is 4.74 Å². The number of anilines is 1. The van der Waals surface area contributed by atoms with Crippen molar-refractivity contribution < 1.29 is 4.74 Å². The molecule has 0 aliphatic carbocycles. The number of ether oxygens (including phenoxy) is 1. The number of likely N-dealkylation sites (N-methyl/N-ethyl adjacent to an activating group) is 1. The standard InChI is InChI=1S/C13H21N3O/c1-14-9-11-10-16(8-7-15-11)12-3-5-13(17-2)6-4-12/h3-6,11,14-15H,7-10H2,1-2H3. The van der Waals surface area contributed by atoms with E-state index in [-0.39, 0.29) is 0 Å². The number of hydrogen-bond donors (Lipinski definition) is 2. The van der Waals surface area contributed by atoms with Gasteiger partial charge in [-0.25, -0.2) is 0 Å². The minimum absolute atomic E-state index is 0.524. The third kappa shape index (κ3) is 3.11. The van der Waals surface area contributed by atoms with Gasteiger partial charge in [0.2, 0.25) is 0 Å². The molecule has 1 aromatic rings. The third-order valence-electron chi connectivity index (χ3n) is 3.14. The first-order valence-electron chi connectivity index (χ1n) is 6.10. The molecule has 4 heteroatoms. The number of nitrogens with one attached hydrogen (secondary N) is 2. The van der Waals surface area contributed by atoms with Gasteiger partial charge < -0.3 is 20.3 Å². The Morgan fingerprint density at radius 3 is 2.82 bits per heavy atom. The van der Waals surface area contributed by atoms with Crippen LogP contribution in [0.5, 0.6) is 5.75 Å². The summed E-state index contributed by atoms with van der Waals surface area (Å²) in [5.41, 5.74) is 1.27. The Labute approximate surface area is 103 Å². The van der Waals surface area contributed by atoms with Crippen LogP contribution in [0.25, 0.3) is 0 Å². The van der Waals surface area contributed by atoms with Crippen LogP contribution in [-0.2, 0) is 0 Å². The second-order valence-electron chi connectivity index (χ2n) is 4.35. The molecule has 0 amide bonds. The van der Waals surface area contributed by atoms with Crippen molar-refractivity contribution >= 4 is 5.69 Å². The van der Waals surface area contributed by atoms with Crippen molar-refractivity contribution in [1.29, 1.82) is 0 Å². The lowest BCUT2D eigenvalue weighted by molar-refractivity contribution is 0.414. The first-order chi connectivity index (χ1) is 8.33.